The number of imide groups is 1. The molecule has 0 aromatic rings. The van der Waals surface area contributed by atoms with Crippen molar-refractivity contribution in [3.63, 3.8) is 0 Å². The van der Waals surface area contributed by atoms with Gasteiger partial charge in [-0.15, -0.1) is 0 Å². The maximum Gasteiger partial charge on any atom is 0.322 e. The minimum absolute atomic E-state index is 0.0370. The van der Waals surface area contributed by atoms with Crippen LogP contribution in [0, 0.1) is 16.7 Å². The van der Waals surface area contributed by atoms with Crippen molar-refractivity contribution in [1.29, 1.82) is 0 Å². The predicted octanol–water partition coefficient (Wildman–Crippen LogP) is 0.898. The lowest BCUT2D eigenvalue weighted by molar-refractivity contribution is -0.182. The molecule has 2 amide bonds. The van der Waals surface area contributed by atoms with Gasteiger partial charge in [-0.1, -0.05) is 12.0 Å². The Bertz CT molecular complexity index is 622. The fourth-order valence-corrected chi connectivity index (χ4v) is 4.51. The van der Waals surface area contributed by atoms with E-state index in [2.05, 4.69) is 5.32 Å². The van der Waals surface area contributed by atoms with Crippen molar-refractivity contribution >= 4 is 23.6 Å². The molecule has 1 saturated heterocycles. The molecule has 6 nitrogen and oxygen atoms in total. The second-order valence-corrected chi connectivity index (χ2v) is 6.35. The van der Waals surface area contributed by atoms with Gasteiger partial charge in [0.2, 0.25) is 11.8 Å². The fourth-order valence-electron chi connectivity index (χ4n) is 4.51. The molecule has 0 unspecified atom stereocenters. The maximum absolute atomic E-state index is 12.6. The van der Waals surface area contributed by atoms with Crippen LogP contribution in [0.3, 0.4) is 0 Å². The second kappa shape index (κ2) is 4.76. The van der Waals surface area contributed by atoms with Gasteiger partial charge in [0.15, 0.2) is 11.2 Å². The number of ketones is 1. The average molecular weight is 305 g/mol. The summed E-state index contributed by atoms with van der Waals surface area (Å²) in [4.78, 5) is 49.7. The van der Waals surface area contributed by atoms with Gasteiger partial charge in [-0.3, -0.25) is 24.5 Å². The first kappa shape index (κ1) is 14.9. The smallest absolute Gasteiger partial charge is 0.322 e. The van der Waals surface area contributed by atoms with Crippen LogP contribution in [-0.4, -0.2) is 30.2 Å². The number of amides is 2. The van der Waals surface area contributed by atoms with Crippen molar-refractivity contribution in [2.24, 2.45) is 16.7 Å². The summed E-state index contributed by atoms with van der Waals surface area (Å²) in [6, 6.07) is 0. The van der Waals surface area contributed by atoms with Gasteiger partial charge in [-0.25, -0.2) is 0 Å². The van der Waals surface area contributed by atoms with E-state index in [1.807, 2.05) is 0 Å². The Labute approximate surface area is 128 Å². The van der Waals surface area contributed by atoms with E-state index in [1.165, 1.54) is 6.08 Å². The molecule has 3 rings (SSSR count). The quantitative estimate of drug-likeness (QED) is 0.465. The van der Waals surface area contributed by atoms with Crippen LogP contribution in [0.2, 0.25) is 0 Å². The Balaban J connectivity index is 2.20. The summed E-state index contributed by atoms with van der Waals surface area (Å²) in [5, 5.41) is 2.37. The van der Waals surface area contributed by atoms with Crippen LogP contribution in [0.15, 0.2) is 11.6 Å². The zero-order valence-corrected chi connectivity index (χ0v) is 12.7. The lowest BCUT2D eigenvalue weighted by Crippen LogP contribution is -2.70. The number of nitrogens with one attached hydrogen (secondary N) is 1. The minimum Gasteiger partial charge on any atom is -0.465 e. The molecular weight excluding hydrogens is 286 g/mol. The van der Waals surface area contributed by atoms with E-state index in [1.54, 1.807) is 13.8 Å². The van der Waals surface area contributed by atoms with Crippen molar-refractivity contribution in [3.05, 3.63) is 11.6 Å². The SMILES string of the molecule is CCOC(=O)[C@@]12CCC[C@]3(C(=O)NC1=O)C(C)=CC(=O)C[C@H]32. The van der Waals surface area contributed by atoms with Gasteiger partial charge < -0.3 is 4.74 Å². The summed E-state index contributed by atoms with van der Waals surface area (Å²) in [7, 11) is 0. The number of hydrogen-bond donors (Lipinski definition) is 1. The summed E-state index contributed by atoms with van der Waals surface area (Å²) in [6.07, 6.45) is 2.96. The zero-order chi connectivity index (χ0) is 16.1. The molecule has 6 heteroatoms. The topological polar surface area (TPSA) is 89.5 Å². The van der Waals surface area contributed by atoms with Gasteiger partial charge in [-0.05, 0) is 32.8 Å². The number of rotatable bonds is 2. The van der Waals surface area contributed by atoms with Gasteiger partial charge in [0.05, 0.1) is 12.0 Å². The van der Waals surface area contributed by atoms with Gasteiger partial charge >= 0.3 is 5.97 Å². The van der Waals surface area contributed by atoms with Crippen LogP contribution >= 0.6 is 0 Å². The summed E-state index contributed by atoms with van der Waals surface area (Å²) < 4.78 is 5.14. The molecule has 2 bridgehead atoms. The Hall–Kier alpha value is -1.98. The molecule has 3 atom stereocenters. The van der Waals surface area contributed by atoms with E-state index in [9.17, 15) is 19.2 Å². The first-order valence-electron chi connectivity index (χ1n) is 7.64. The number of carbonyl (C=O) groups is 4. The normalized spacial score (nSPS) is 37.1. The maximum atomic E-state index is 12.6. The van der Waals surface area contributed by atoms with Crippen molar-refractivity contribution < 1.29 is 23.9 Å². The molecule has 0 aromatic heterocycles. The van der Waals surface area contributed by atoms with E-state index >= 15 is 0 Å². The van der Waals surface area contributed by atoms with Crippen molar-refractivity contribution in [3.8, 4) is 0 Å². The molecule has 1 N–H and O–H groups in total. The van der Waals surface area contributed by atoms with Crippen molar-refractivity contribution in [2.75, 3.05) is 6.61 Å². The van der Waals surface area contributed by atoms with Crippen molar-refractivity contribution in [1.82, 2.24) is 5.32 Å². The highest BCUT2D eigenvalue weighted by atomic mass is 16.5. The largest absolute Gasteiger partial charge is 0.465 e. The molecule has 3 aliphatic rings. The monoisotopic (exact) mass is 305 g/mol. The van der Waals surface area contributed by atoms with E-state index in [4.69, 9.17) is 4.74 Å². The summed E-state index contributed by atoms with van der Waals surface area (Å²) in [5.74, 6) is -2.39. The molecule has 2 aliphatic carbocycles. The number of carbonyl (C=O) groups excluding carboxylic acids is 4. The Morgan fingerprint density at radius 3 is 2.73 bits per heavy atom. The van der Waals surface area contributed by atoms with E-state index in [0.29, 0.717) is 24.8 Å². The molecule has 0 radical (unpaired) electrons. The highest BCUT2D eigenvalue weighted by Gasteiger charge is 2.69. The third-order valence-electron chi connectivity index (χ3n) is 5.50. The number of allylic oxidation sites excluding steroid dienone is 1. The standard InChI is InChI=1S/C16H19NO5/c1-3-22-14(21)16-6-4-5-15(12(19)17-13(16)20)9(2)7-10(18)8-11(15)16/h7,11H,3-6,8H2,1-2H3,(H,17,19,20)/t11-,15+,16-/m1/s1. The van der Waals surface area contributed by atoms with Crippen LogP contribution in [0.1, 0.15) is 39.5 Å². The Morgan fingerprint density at radius 1 is 1.32 bits per heavy atom. The molecule has 1 aliphatic heterocycles. The second-order valence-electron chi connectivity index (χ2n) is 6.35. The lowest BCUT2D eigenvalue weighted by atomic mass is 9.47. The summed E-state index contributed by atoms with van der Waals surface area (Å²) in [5.41, 5.74) is -1.72. The van der Waals surface area contributed by atoms with Crippen LogP contribution in [-0.2, 0) is 23.9 Å². The van der Waals surface area contributed by atoms with Crippen molar-refractivity contribution in [2.45, 2.75) is 39.5 Å². The number of hydrogen-bond acceptors (Lipinski definition) is 5. The van der Waals surface area contributed by atoms with Crippen LogP contribution in [0.4, 0.5) is 0 Å². The molecular formula is C16H19NO5. The molecule has 1 heterocycles. The van der Waals surface area contributed by atoms with Gasteiger partial charge in [-0.2, -0.15) is 0 Å². The number of piperidine rings is 1. The molecule has 0 aromatic carbocycles. The van der Waals surface area contributed by atoms with E-state index in [-0.39, 0.29) is 24.7 Å². The first-order chi connectivity index (χ1) is 10.4. The van der Waals surface area contributed by atoms with E-state index in [0.717, 1.165) is 0 Å². The van der Waals surface area contributed by atoms with Gasteiger partial charge in [0, 0.05) is 12.3 Å². The van der Waals surface area contributed by atoms with Gasteiger partial charge in [0.1, 0.15) is 0 Å². The third-order valence-corrected chi connectivity index (χ3v) is 5.50. The fraction of sp³-hybridized carbons (Fsp3) is 0.625. The summed E-state index contributed by atoms with van der Waals surface area (Å²) >= 11 is 0. The molecule has 2 fully saturated rings. The Kier molecular flexibility index (Phi) is 3.23. The van der Waals surface area contributed by atoms with Crippen LogP contribution in [0.5, 0.6) is 0 Å². The van der Waals surface area contributed by atoms with E-state index < -0.39 is 28.6 Å². The Morgan fingerprint density at radius 2 is 2.05 bits per heavy atom. The predicted molar refractivity (Wildman–Crippen MR) is 75.4 cm³/mol. The molecule has 118 valence electrons. The molecule has 1 saturated carbocycles. The summed E-state index contributed by atoms with van der Waals surface area (Å²) in [6.45, 7) is 3.57. The lowest BCUT2D eigenvalue weighted by Gasteiger charge is -2.56. The zero-order valence-electron chi connectivity index (χ0n) is 12.7. The highest BCUT2D eigenvalue weighted by molar-refractivity contribution is 6.15. The highest BCUT2D eigenvalue weighted by Crippen LogP contribution is 2.60. The minimum atomic E-state index is -1.42. The average Bonchev–Trinajstić information content (AvgIpc) is 2.45. The third kappa shape index (κ3) is 1.61. The number of esters is 1. The van der Waals surface area contributed by atoms with Crippen LogP contribution < -0.4 is 5.32 Å². The van der Waals surface area contributed by atoms with Gasteiger partial charge in [0.25, 0.3) is 0 Å². The molecule has 0 spiro atoms. The first-order valence-corrected chi connectivity index (χ1v) is 7.64. The van der Waals surface area contributed by atoms with Crippen LogP contribution in [0.25, 0.3) is 0 Å². The molecule has 22 heavy (non-hydrogen) atoms. The number of ether oxygens (including phenoxy) is 1.